The van der Waals surface area contributed by atoms with Gasteiger partial charge < -0.3 is 10.2 Å². The maximum atomic E-state index is 13.0. The minimum absolute atomic E-state index is 0.0581. The summed E-state index contributed by atoms with van der Waals surface area (Å²) < 4.78 is 62.8. The van der Waals surface area contributed by atoms with Gasteiger partial charge in [0.15, 0.2) is 11.6 Å². The summed E-state index contributed by atoms with van der Waals surface area (Å²) in [6, 6.07) is 2.85. The third-order valence-corrected chi connectivity index (χ3v) is 3.58. The Kier molecular flexibility index (Phi) is 4.86. The molecule has 1 aliphatic rings. The van der Waals surface area contributed by atoms with Gasteiger partial charge in [0.05, 0.1) is 0 Å². The van der Waals surface area contributed by atoms with Crippen molar-refractivity contribution >= 4 is 17.5 Å². The number of anilines is 1. The van der Waals surface area contributed by atoms with E-state index in [1.165, 1.54) is 6.07 Å². The minimum Gasteiger partial charge on any atom is -0.335 e. The van der Waals surface area contributed by atoms with Crippen LogP contribution in [-0.2, 0) is 9.59 Å². The summed E-state index contributed by atoms with van der Waals surface area (Å²) in [4.78, 5) is 23.7. The molecular formula is C14H13F5N2O2. The molecule has 0 saturated carbocycles. The molecule has 0 unspecified atom stereocenters. The van der Waals surface area contributed by atoms with Crippen molar-refractivity contribution in [2.75, 3.05) is 18.4 Å². The van der Waals surface area contributed by atoms with Crippen molar-refractivity contribution < 1.29 is 31.5 Å². The van der Waals surface area contributed by atoms with E-state index in [0.717, 1.165) is 12.1 Å². The van der Waals surface area contributed by atoms with Crippen LogP contribution in [0, 0.1) is 17.6 Å². The predicted molar refractivity (Wildman–Crippen MR) is 70.3 cm³/mol. The molecule has 1 heterocycles. The molecule has 0 spiro atoms. The lowest BCUT2D eigenvalue weighted by molar-refractivity contribution is -0.186. The maximum Gasteiger partial charge on any atom is 0.471 e. The van der Waals surface area contributed by atoms with E-state index >= 15 is 0 Å². The van der Waals surface area contributed by atoms with E-state index in [0.29, 0.717) is 4.90 Å². The third-order valence-electron chi connectivity index (χ3n) is 3.58. The van der Waals surface area contributed by atoms with Gasteiger partial charge in [0.2, 0.25) is 5.91 Å². The Morgan fingerprint density at radius 1 is 1.09 bits per heavy atom. The fraction of sp³-hybridized carbons (Fsp3) is 0.429. The van der Waals surface area contributed by atoms with E-state index in [-0.39, 0.29) is 31.6 Å². The van der Waals surface area contributed by atoms with Crippen LogP contribution < -0.4 is 5.32 Å². The van der Waals surface area contributed by atoms with Crippen molar-refractivity contribution in [1.82, 2.24) is 4.90 Å². The molecule has 0 aromatic heterocycles. The molecule has 1 fully saturated rings. The molecule has 1 aromatic carbocycles. The number of rotatable bonds is 2. The fourth-order valence-corrected chi connectivity index (χ4v) is 2.34. The first-order chi connectivity index (χ1) is 10.7. The number of carbonyl (C=O) groups is 2. The fourth-order valence-electron chi connectivity index (χ4n) is 2.34. The van der Waals surface area contributed by atoms with Gasteiger partial charge in [-0.05, 0) is 25.0 Å². The van der Waals surface area contributed by atoms with Crippen LogP contribution in [-0.4, -0.2) is 36.0 Å². The number of benzene rings is 1. The number of nitrogens with one attached hydrogen (secondary N) is 1. The van der Waals surface area contributed by atoms with Crippen molar-refractivity contribution in [1.29, 1.82) is 0 Å². The number of carbonyl (C=O) groups excluding carboxylic acids is 2. The second kappa shape index (κ2) is 6.51. The highest BCUT2D eigenvalue weighted by Gasteiger charge is 2.43. The van der Waals surface area contributed by atoms with Crippen LogP contribution in [0.1, 0.15) is 12.8 Å². The number of nitrogens with zero attached hydrogens (tertiary/aromatic N) is 1. The van der Waals surface area contributed by atoms with Crippen molar-refractivity contribution in [3.63, 3.8) is 0 Å². The highest BCUT2D eigenvalue weighted by Crippen LogP contribution is 2.25. The van der Waals surface area contributed by atoms with Crippen LogP contribution in [0.4, 0.5) is 27.6 Å². The standard InChI is InChI=1S/C14H13F5N2O2/c15-10-2-1-9(7-11(10)16)20-12(22)8-3-5-21(6-4-8)13(23)14(17,18)19/h1-2,7-8H,3-6H2,(H,20,22). The number of likely N-dealkylation sites (tertiary alicyclic amines) is 1. The Balaban J connectivity index is 1.91. The number of piperidine rings is 1. The van der Waals surface area contributed by atoms with Crippen LogP contribution in [0.5, 0.6) is 0 Å². The zero-order valence-corrected chi connectivity index (χ0v) is 11.8. The summed E-state index contributed by atoms with van der Waals surface area (Å²) in [5.41, 5.74) is 0.0581. The van der Waals surface area contributed by atoms with Crippen LogP contribution >= 0.6 is 0 Å². The largest absolute Gasteiger partial charge is 0.471 e. The molecule has 1 saturated heterocycles. The smallest absolute Gasteiger partial charge is 0.335 e. The zero-order chi connectivity index (χ0) is 17.2. The summed E-state index contributed by atoms with van der Waals surface area (Å²) in [7, 11) is 0. The quantitative estimate of drug-likeness (QED) is 0.844. The van der Waals surface area contributed by atoms with Gasteiger partial charge in [-0.1, -0.05) is 0 Å². The van der Waals surface area contributed by atoms with Gasteiger partial charge in [0, 0.05) is 30.8 Å². The van der Waals surface area contributed by atoms with E-state index in [2.05, 4.69) is 5.32 Å². The summed E-state index contributed by atoms with van der Waals surface area (Å²) in [5.74, 6) is -5.19. The summed E-state index contributed by atoms with van der Waals surface area (Å²) >= 11 is 0. The van der Waals surface area contributed by atoms with Gasteiger partial charge in [0.1, 0.15) is 0 Å². The number of hydrogen-bond donors (Lipinski definition) is 1. The first-order valence-corrected chi connectivity index (χ1v) is 6.80. The molecule has 4 nitrogen and oxygen atoms in total. The minimum atomic E-state index is -4.93. The third kappa shape index (κ3) is 4.17. The predicted octanol–water partition coefficient (Wildman–Crippen LogP) is 2.70. The number of halogens is 5. The molecule has 0 radical (unpaired) electrons. The molecule has 2 rings (SSSR count). The van der Waals surface area contributed by atoms with Crippen molar-refractivity contribution in [3.05, 3.63) is 29.8 Å². The summed E-state index contributed by atoms with van der Waals surface area (Å²) in [5, 5.41) is 2.38. The van der Waals surface area contributed by atoms with E-state index < -0.39 is 35.5 Å². The molecule has 0 bridgehead atoms. The molecule has 9 heteroatoms. The average Bonchev–Trinajstić information content (AvgIpc) is 2.49. The molecule has 1 aliphatic heterocycles. The molecular weight excluding hydrogens is 323 g/mol. The lowest BCUT2D eigenvalue weighted by atomic mass is 9.95. The summed E-state index contributed by atoms with van der Waals surface area (Å²) in [6.07, 6.45) is -4.80. The normalized spacial score (nSPS) is 16.3. The second-order valence-electron chi connectivity index (χ2n) is 5.18. The van der Waals surface area contributed by atoms with Crippen molar-refractivity contribution in [2.45, 2.75) is 19.0 Å². The lowest BCUT2D eigenvalue weighted by Crippen LogP contribution is -2.46. The first-order valence-electron chi connectivity index (χ1n) is 6.80. The summed E-state index contributed by atoms with van der Waals surface area (Å²) in [6.45, 7) is -0.373. The molecule has 23 heavy (non-hydrogen) atoms. The van der Waals surface area contributed by atoms with Crippen LogP contribution in [0.15, 0.2) is 18.2 Å². The van der Waals surface area contributed by atoms with Crippen LogP contribution in [0.2, 0.25) is 0 Å². The second-order valence-corrected chi connectivity index (χ2v) is 5.18. The number of alkyl halides is 3. The SMILES string of the molecule is O=C(Nc1ccc(F)c(F)c1)C1CCN(C(=O)C(F)(F)F)CC1. The van der Waals surface area contributed by atoms with Crippen molar-refractivity contribution in [2.24, 2.45) is 5.92 Å². The molecule has 1 N–H and O–H groups in total. The number of hydrogen-bond acceptors (Lipinski definition) is 2. The average molecular weight is 336 g/mol. The highest BCUT2D eigenvalue weighted by atomic mass is 19.4. The van der Waals surface area contributed by atoms with Crippen LogP contribution in [0.3, 0.4) is 0 Å². The van der Waals surface area contributed by atoms with Gasteiger partial charge in [-0.15, -0.1) is 0 Å². The number of amides is 2. The molecule has 0 aliphatic carbocycles. The Labute approximate surface area is 128 Å². The van der Waals surface area contributed by atoms with Gasteiger partial charge in [-0.3, -0.25) is 9.59 Å². The lowest BCUT2D eigenvalue weighted by Gasteiger charge is -2.31. The Morgan fingerprint density at radius 2 is 1.70 bits per heavy atom. The van der Waals surface area contributed by atoms with Gasteiger partial charge in [-0.25, -0.2) is 8.78 Å². The highest BCUT2D eigenvalue weighted by molar-refractivity contribution is 5.92. The maximum absolute atomic E-state index is 13.0. The van der Waals surface area contributed by atoms with E-state index in [1.807, 2.05) is 0 Å². The topological polar surface area (TPSA) is 49.4 Å². The van der Waals surface area contributed by atoms with Gasteiger partial charge in [0.25, 0.3) is 0 Å². The molecule has 1 aromatic rings. The van der Waals surface area contributed by atoms with Crippen molar-refractivity contribution in [3.8, 4) is 0 Å². The molecule has 2 amide bonds. The molecule has 0 atom stereocenters. The van der Waals surface area contributed by atoms with E-state index in [4.69, 9.17) is 0 Å². The molecule has 126 valence electrons. The van der Waals surface area contributed by atoms with E-state index in [9.17, 15) is 31.5 Å². The Morgan fingerprint density at radius 3 is 2.22 bits per heavy atom. The monoisotopic (exact) mass is 336 g/mol. The Hall–Kier alpha value is -2.19. The Bertz CT molecular complexity index is 610. The van der Waals surface area contributed by atoms with Gasteiger partial charge >= 0.3 is 12.1 Å². The van der Waals surface area contributed by atoms with Crippen LogP contribution in [0.25, 0.3) is 0 Å². The van der Waals surface area contributed by atoms with Gasteiger partial charge in [-0.2, -0.15) is 13.2 Å². The van der Waals surface area contributed by atoms with E-state index in [1.54, 1.807) is 0 Å². The zero-order valence-electron chi connectivity index (χ0n) is 11.8. The first kappa shape index (κ1) is 17.2.